The summed E-state index contributed by atoms with van der Waals surface area (Å²) in [7, 11) is 5.27. The molecule has 8 nitrogen and oxygen atoms in total. The lowest BCUT2D eigenvalue weighted by Gasteiger charge is -2.45. The number of carbonyl (C=O) groups is 2. The molecular formula is C15H21N5O3. The summed E-state index contributed by atoms with van der Waals surface area (Å²) in [6.07, 6.45) is 0.709. The molecule has 0 saturated carbocycles. The normalized spacial score (nSPS) is 15.5. The molecule has 0 fully saturated rings. The summed E-state index contributed by atoms with van der Waals surface area (Å²) in [5, 5.41) is 20.5. The molecule has 0 atom stereocenters. The maximum atomic E-state index is 12.2. The Labute approximate surface area is 134 Å². The van der Waals surface area contributed by atoms with Gasteiger partial charge in [0.05, 0.1) is 5.69 Å². The van der Waals surface area contributed by atoms with Gasteiger partial charge in [-0.3, -0.25) is 25.6 Å². The highest BCUT2D eigenvalue weighted by molar-refractivity contribution is 6.00. The van der Waals surface area contributed by atoms with Crippen LogP contribution in [0.4, 0.5) is 16.2 Å². The molecule has 0 aromatic heterocycles. The summed E-state index contributed by atoms with van der Waals surface area (Å²) >= 11 is 0. The fourth-order valence-corrected chi connectivity index (χ4v) is 2.81. The van der Waals surface area contributed by atoms with Crippen LogP contribution in [0.5, 0.6) is 0 Å². The number of anilines is 2. The minimum atomic E-state index is -1.14. The summed E-state index contributed by atoms with van der Waals surface area (Å²) in [6.45, 7) is 1.48. The lowest BCUT2D eigenvalue weighted by molar-refractivity contribution is -0.117. The van der Waals surface area contributed by atoms with Crippen molar-refractivity contribution < 1.29 is 14.7 Å². The van der Waals surface area contributed by atoms with Gasteiger partial charge in [0.25, 0.3) is 0 Å². The number of fused-ring (bicyclic) bond motifs is 1. The third-order valence-electron chi connectivity index (χ3n) is 3.83. The second kappa shape index (κ2) is 6.27. The van der Waals surface area contributed by atoms with E-state index in [0.29, 0.717) is 11.4 Å². The first kappa shape index (κ1) is 16.8. The van der Waals surface area contributed by atoms with Gasteiger partial charge in [-0.05, 0) is 38.4 Å². The summed E-state index contributed by atoms with van der Waals surface area (Å²) in [4.78, 5) is 24.7. The second-order valence-corrected chi connectivity index (χ2v) is 5.09. The van der Waals surface area contributed by atoms with Gasteiger partial charge in [0, 0.05) is 30.9 Å². The summed E-state index contributed by atoms with van der Waals surface area (Å²) in [5.74, 6) is -1.03. The SMILES string of the molecule is CNC1=CC(NC)(NC)N(C(C)=O)c2ccc(NC(=O)O)cc21. The van der Waals surface area contributed by atoms with Crippen LogP contribution >= 0.6 is 0 Å². The molecule has 1 heterocycles. The average Bonchev–Trinajstić information content (AvgIpc) is 2.52. The molecule has 1 aromatic carbocycles. The average molecular weight is 319 g/mol. The molecule has 1 aromatic rings. The molecule has 2 rings (SSSR count). The zero-order chi connectivity index (χ0) is 17.2. The van der Waals surface area contributed by atoms with E-state index in [-0.39, 0.29) is 5.91 Å². The van der Waals surface area contributed by atoms with Crippen molar-refractivity contribution in [1.82, 2.24) is 16.0 Å². The van der Waals surface area contributed by atoms with Gasteiger partial charge in [-0.1, -0.05) is 0 Å². The standard InChI is InChI=1S/C15H21N5O3/c1-9(21)20-13-6-5-10(19-14(22)23)7-11(13)12(16-2)8-15(20,17-3)18-4/h5-8,16-19H,1-4H3,(H,22,23). The van der Waals surface area contributed by atoms with Crippen molar-refractivity contribution >= 4 is 29.1 Å². The van der Waals surface area contributed by atoms with E-state index in [2.05, 4.69) is 21.3 Å². The molecular weight excluding hydrogens is 298 g/mol. The van der Waals surface area contributed by atoms with E-state index in [4.69, 9.17) is 5.11 Å². The van der Waals surface area contributed by atoms with Crippen LogP contribution in [-0.4, -0.2) is 44.0 Å². The van der Waals surface area contributed by atoms with E-state index in [1.807, 2.05) is 6.08 Å². The Hall–Kier alpha value is -2.58. The van der Waals surface area contributed by atoms with Crippen molar-refractivity contribution in [2.45, 2.75) is 12.7 Å². The first-order chi connectivity index (χ1) is 10.9. The number of hydrogen-bond donors (Lipinski definition) is 5. The molecule has 1 aliphatic rings. The molecule has 0 unspecified atom stereocenters. The van der Waals surface area contributed by atoms with Crippen molar-refractivity contribution in [1.29, 1.82) is 0 Å². The number of amides is 2. The highest BCUT2D eigenvalue weighted by Gasteiger charge is 2.40. The van der Waals surface area contributed by atoms with E-state index < -0.39 is 11.9 Å². The Kier molecular flexibility index (Phi) is 4.57. The van der Waals surface area contributed by atoms with E-state index in [9.17, 15) is 9.59 Å². The number of hydrogen-bond acceptors (Lipinski definition) is 5. The number of benzene rings is 1. The summed E-state index contributed by atoms with van der Waals surface area (Å²) in [5.41, 5.74) is 2.61. The monoisotopic (exact) mass is 319 g/mol. The Balaban J connectivity index is 2.66. The highest BCUT2D eigenvalue weighted by atomic mass is 16.4. The Morgan fingerprint density at radius 2 is 1.83 bits per heavy atom. The van der Waals surface area contributed by atoms with E-state index >= 15 is 0 Å². The van der Waals surface area contributed by atoms with Gasteiger partial charge in [0.15, 0.2) is 5.79 Å². The van der Waals surface area contributed by atoms with E-state index in [0.717, 1.165) is 11.3 Å². The number of nitrogens with one attached hydrogen (secondary N) is 4. The van der Waals surface area contributed by atoms with Gasteiger partial charge in [-0.15, -0.1) is 0 Å². The number of carboxylic acid groups (broad SMARTS) is 1. The molecule has 23 heavy (non-hydrogen) atoms. The van der Waals surface area contributed by atoms with Crippen LogP contribution in [0.2, 0.25) is 0 Å². The van der Waals surface area contributed by atoms with E-state index in [1.54, 1.807) is 44.2 Å². The molecule has 0 saturated heterocycles. The zero-order valence-corrected chi connectivity index (χ0v) is 13.5. The zero-order valence-electron chi connectivity index (χ0n) is 13.5. The number of carbonyl (C=O) groups excluding carboxylic acids is 1. The van der Waals surface area contributed by atoms with Gasteiger partial charge >= 0.3 is 6.09 Å². The van der Waals surface area contributed by atoms with Crippen LogP contribution in [-0.2, 0) is 4.79 Å². The van der Waals surface area contributed by atoms with Crippen LogP contribution in [0.15, 0.2) is 24.3 Å². The minimum Gasteiger partial charge on any atom is -0.465 e. The quantitative estimate of drug-likeness (QED) is 0.526. The van der Waals surface area contributed by atoms with Gasteiger partial charge in [0.1, 0.15) is 0 Å². The van der Waals surface area contributed by atoms with Gasteiger partial charge in [-0.2, -0.15) is 0 Å². The summed E-state index contributed by atoms with van der Waals surface area (Å²) < 4.78 is 0. The predicted molar refractivity (Wildman–Crippen MR) is 89.1 cm³/mol. The van der Waals surface area contributed by atoms with Gasteiger partial charge < -0.3 is 10.4 Å². The number of likely N-dealkylation sites (N-methyl/N-ethyl adjacent to an activating group) is 2. The maximum Gasteiger partial charge on any atom is 0.409 e. The fourth-order valence-electron chi connectivity index (χ4n) is 2.81. The number of nitrogens with zero attached hydrogens (tertiary/aromatic N) is 1. The molecule has 124 valence electrons. The third-order valence-corrected chi connectivity index (χ3v) is 3.83. The highest BCUT2D eigenvalue weighted by Crippen LogP contribution is 2.37. The fraction of sp³-hybridized carbons (Fsp3) is 0.333. The Morgan fingerprint density at radius 1 is 1.17 bits per heavy atom. The smallest absolute Gasteiger partial charge is 0.409 e. The predicted octanol–water partition coefficient (Wildman–Crippen LogP) is 0.796. The van der Waals surface area contributed by atoms with Crippen molar-refractivity contribution in [3.8, 4) is 0 Å². The lowest BCUT2D eigenvalue weighted by atomic mass is 9.98. The lowest BCUT2D eigenvalue weighted by Crippen LogP contribution is -2.67. The summed E-state index contributed by atoms with van der Waals surface area (Å²) in [6, 6.07) is 5.03. The van der Waals surface area contributed by atoms with Crippen molar-refractivity contribution in [2.75, 3.05) is 31.4 Å². The van der Waals surface area contributed by atoms with Crippen LogP contribution in [0.1, 0.15) is 12.5 Å². The molecule has 1 aliphatic heterocycles. The molecule has 0 spiro atoms. The molecule has 0 aliphatic carbocycles. The molecule has 0 bridgehead atoms. The first-order valence-electron chi connectivity index (χ1n) is 7.12. The Morgan fingerprint density at radius 3 is 2.30 bits per heavy atom. The molecule has 8 heteroatoms. The molecule has 5 N–H and O–H groups in total. The Bertz CT molecular complexity index is 667. The third kappa shape index (κ3) is 2.86. The van der Waals surface area contributed by atoms with Crippen LogP contribution in [0.3, 0.4) is 0 Å². The van der Waals surface area contributed by atoms with Crippen LogP contribution < -0.4 is 26.2 Å². The maximum absolute atomic E-state index is 12.2. The van der Waals surface area contributed by atoms with Gasteiger partial charge in [0.2, 0.25) is 5.91 Å². The minimum absolute atomic E-state index is 0.153. The van der Waals surface area contributed by atoms with Gasteiger partial charge in [-0.25, -0.2) is 4.79 Å². The molecule has 0 radical (unpaired) electrons. The molecule has 2 amide bonds. The van der Waals surface area contributed by atoms with Crippen molar-refractivity contribution in [3.63, 3.8) is 0 Å². The first-order valence-corrected chi connectivity index (χ1v) is 7.12. The van der Waals surface area contributed by atoms with Crippen LogP contribution in [0.25, 0.3) is 5.70 Å². The van der Waals surface area contributed by atoms with E-state index in [1.165, 1.54) is 6.92 Å². The van der Waals surface area contributed by atoms with Crippen molar-refractivity contribution in [3.05, 3.63) is 29.8 Å². The topological polar surface area (TPSA) is 106 Å². The number of rotatable bonds is 4. The largest absolute Gasteiger partial charge is 0.465 e. The second-order valence-electron chi connectivity index (χ2n) is 5.09. The van der Waals surface area contributed by atoms with Crippen LogP contribution in [0, 0.1) is 0 Å². The van der Waals surface area contributed by atoms with Crippen molar-refractivity contribution in [2.24, 2.45) is 0 Å².